The lowest BCUT2D eigenvalue weighted by Crippen LogP contribution is -2.53. The lowest BCUT2D eigenvalue weighted by Gasteiger charge is -2.38. The first-order valence-corrected chi connectivity index (χ1v) is 8.59. The van der Waals surface area contributed by atoms with Crippen LogP contribution in [-0.2, 0) is 4.74 Å². The molecular weight excluding hydrogens is 264 g/mol. The minimum Gasteiger partial charge on any atom is -0.381 e. The molecule has 2 heterocycles. The third kappa shape index (κ3) is 5.83. The molecular formula is C16H34N4O. The predicted molar refractivity (Wildman–Crippen MR) is 87.8 cm³/mol. The fourth-order valence-corrected chi connectivity index (χ4v) is 3.33. The van der Waals surface area contributed by atoms with E-state index in [9.17, 15) is 0 Å². The molecule has 5 heteroatoms. The second kappa shape index (κ2) is 9.06. The monoisotopic (exact) mass is 298 g/mol. The van der Waals surface area contributed by atoms with Gasteiger partial charge in [0.25, 0.3) is 0 Å². The van der Waals surface area contributed by atoms with Crippen LogP contribution in [0, 0.1) is 5.92 Å². The van der Waals surface area contributed by atoms with Gasteiger partial charge in [-0.15, -0.1) is 0 Å². The Balaban J connectivity index is 1.70. The quantitative estimate of drug-likeness (QED) is 0.691. The highest BCUT2D eigenvalue weighted by Gasteiger charge is 2.28. The third-order valence-corrected chi connectivity index (χ3v) is 4.78. The zero-order valence-corrected chi connectivity index (χ0v) is 14.2. The van der Waals surface area contributed by atoms with Crippen LogP contribution >= 0.6 is 0 Å². The highest BCUT2D eigenvalue weighted by atomic mass is 16.5. The number of rotatable bonds is 8. The van der Waals surface area contributed by atoms with Crippen molar-refractivity contribution >= 4 is 0 Å². The molecule has 0 bridgehead atoms. The molecule has 0 aromatic carbocycles. The van der Waals surface area contributed by atoms with E-state index >= 15 is 0 Å². The molecule has 0 aromatic heterocycles. The van der Waals surface area contributed by atoms with Gasteiger partial charge in [0, 0.05) is 64.4 Å². The summed E-state index contributed by atoms with van der Waals surface area (Å²) in [6, 6.07) is 0.603. The predicted octanol–water partition coefficient (Wildman–Crippen LogP) is 0.180. The van der Waals surface area contributed by atoms with E-state index in [0.29, 0.717) is 12.0 Å². The van der Waals surface area contributed by atoms with Gasteiger partial charge >= 0.3 is 0 Å². The summed E-state index contributed by atoms with van der Waals surface area (Å²) in [5.74, 6) is 0.705. The normalized spacial score (nSPS) is 26.6. The second-order valence-electron chi connectivity index (χ2n) is 6.73. The summed E-state index contributed by atoms with van der Waals surface area (Å²) >= 11 is 0. The molecule has 1 N–H and O–H groups in total. The Morgan fingerprint density at radius 3 is 2.48 bits per heavy atom. The first kappa shape index (κ1) is 17.2. The minimum absolute atomic E-state index is 0.603. The fourth-order valence-electron chi connectivity index (χ4n) is 3.33. The van der Waals surface area contributed by atoms with Crippen molar-refractivity contribution in [3.05, 3.63) is 0 Å². The number of ether oxygens (including phenoxy) is 1. The summed E-state index contributed by atoms with van der Waals surface area (Å²) in [7, 11) is 4.31. The van der Waals surface area contributed by atoms with Crippen LogP contribution in [0.15, 0.2) is 0 Å². The number of piperazine rings is 1. The van der Waals surface area contributed by atoms with Crippen molar-refractivity contribution in [2.75, 3.05) is 79.7 Å². The summed E-state index contributed by atoms with van der Waals surface area (Å²) in [5, 5.41) is 3.68. The van der Waals surface area contributed by atoms with Crippen LogP contribution in [0.3, 0.4) is 0 Å². The molecule has 0 radical (unpaired) electrons. The van der Waals surface area contributed by atoms with Crippen molar-refractivity contribution in [2.45, 2.75) is 19.4 Å². The zero-order chi connectivity index (χ0) is 15.1. The van der Waals surface area contributed by atoms with Gasteiger partial charge in [0.1, 0.15) is 0 Å². The Labute approximate surface area is 130 Å². The largest absolute Gasteiger partial charge is 0.381 e. The Morgan fingerprint density at radius 1 is 1.19 bits per heavy atom. The maximum Gasteiger partial charge on any atom is 0.0510 e. The summed E-state index contributed by atoms with van der Waals surface area (Å²) < 4.78 is 5.57. The molecule has 0 aliphatic carbocycles. The molecule has 124 valence electrons. The van der Waals surface area contributed by atoms with Crippen LogP contribution in [0.1, 0.15) is 13.3 Å². The summed E-state index contributed by atoms with van der Waals surface area (Å²) in [5.41, 5.74) is 0. The SMILES string of the molecule is CCNC(CN1CCN(CCN(C)C)CC1)C1CCOC1. The number of hydrogen-bond donors (Lipinski definition) is 1. The molecule has 0 saturated carbocycles. The average molecular weight is 298 g/mol. The highest BCUT2D eigenvalue weighted by molar-refractivity contribution is 4.84. The molecule has 2 fully saturated rings. The first-order chi connectivity index (χ1) is 10.2. The minimum atomic E-state index is 0.603. The molecule has 2 atom stereocenters. The molecule has 2 saturated heterocycles. The Morgan fingerprint density at radius 2 is 1.90 bits per heavy atom. The Kier molecular flexibility index (Phi) is 7.40. The lowest BCUT2D eigenvalue weighted by molar-refractivity contribution is 0.105. The van der Waals surface area contributed by atoms with Gasteiger partial charge in [-0.1, -0.05) is 6.92 Å². The van der Waals surface area contributed by atoms with Crippen molar-refractivity contribution in [1.29, 1.82) is 0 Å². The Bertz CT molecular complexity index is 273. The van der Waals surface area contributed by atoms with Crippen molar-refractivity contribution in [3.8, 4) is 0 Å². The van der Waals surface area contributed by atoms with Gasteiger partial charge < -0.3 is 15.0 Å². The number of hydrogen-bond acceptors (Lipinski definition) is 5. The smallest absolute Gasteiger partial charge is 0.0510 e. The lowest BCUT2D eigenvalue weighted by atomic mass is 9.98. The first-order valence-electron chi connectivity index (χ1n) is 8.59. The van der Waals surface area contributed by atoms with Gasteiger partial charge in [-0.3, -0.25) is 9.80 Å². The number of likely N-dealkylation sites (N-methyl/N-ethyl adjacent to an activating group) is 2. The van der Waals surface area contributed by atoms with E-state index in [1.807, 2.05) is 0 Å². The molecule has 0 spiro atoms. The van der Waals surface area contributed by atoms with E-state index in [4.69, 9.17) is 4.74 Å². The van der Waals surface area contributed by atoms with Gasteiger partial charge in [0.2, 0.25) is 0 Å². The van der Waals surface area contributed by atoms with Crippen LogP contribution in [0.2, 0.25) is 0 Å². The van der Waals surface area contributed by atoms with E-state index < -0.39 is 0 Å². The standard InChI is InChI=1S/C16H34N4O/c1-4-17-16(15-5-12-21-14-15)13-20-10-8-19(9-11-20)7-6-18(2)3/h15-17H,4-14H2,1-3H3. The molecule has 2 rings (SSSR count). The van der Waals surface area contributed by atoms with Crippen molar-refractivity contribution < 1.29 is 4.74 Å². The number of nitrogens with one attached hydrogen (secondary N) is 1. The van der Waals surface area contributed by atoms with Crippen LogP contribution in [-0.4, -0.2) is 100 Å². The van der Waals surface area contributed by atoms with Crippen LogP contribution < -0.4 is 5.32 Å². The number of nitrogens with zero attached hydrogens (tertiary/aromatic N) is 3. The summed E-state index contributed by atoms with van der Waals surface area (Å²) in [4.78, 5) is 7.50. The molecule has 5 nitrogen and oxygen atoms in total. The Hall–Kier alpha value is -0.200. The van der Waals surface area contributed by atoms with Gasteiger partial charge in [-0.2, -0.15) is 0 Å². The maximum atomic E-state index is 5.57. The van der Waals surface area contributed by atoms with E-state index in [1.165, 1.54) is 52.2 Å². The highest BCUT2D eigenvalue weighted by Crippen LogP contribution is 2.18. The van der Waals surface area contributed by atoms with Crippen LogP contribution in [0.5, 0.6) is 0 Å². The van der Waals surface area contributed by atoms with E-state index in [2.05, 4.69) is 41.0 Å². The van der Waals surface area contributed by atoms with Crippen molar-refractivity contribution in [2.24, 2.45) is 5.92 Å². The molecule has 2 unspecified atom stereocenters. The molecule has 2 aliphatic heterocycles. The molecule has 21 heavy (non-hydrogen) atoms. The second-order valence-corrected chi connectivity index (χ2v) is 6.73. The third-order valence-electron chi connectivity index (χ3n) is 4.78. The van der Waals surface area contributed by atoms with Crippen LogP contribution in [0.25, 0.3) is 0 Å². The molecule has 0 aromatic rings. The van der Waals surface area contributed by atoms with Crippen molar-refractivity contribution in [1.82, 2.24) is 20.0 Å². The molecule has 0 amide bonds. The molecule has 2 aliphatic rings. The summed E-state index contributed by atoms with van der Waals surface area (Å²) in [6.07, 6.45) is 1.22. The van der Waals surface area contributed by atoms with Crippen LogP contribution in [0.4, 0.5) is 0 Å². The van der Waals surface area contributed by atoms with E-state index in [1.54, 1.807) is 0 Å². The zero-order valence-electron chi connectivity index (χ0n) is 14.2. The summed E-state index contributed by atoms with van der Waals surface area (Å²) in [6.45, 7) is 13.6. The van der Waals surface area contributed by atoms with Gasteiger partial charge in [-0.05, 0) is 27.1 Å². The topological polar surface area (TPSA) is 31.0 Å². The van der Waals surface area contributed by atoms with Gasteiger partial charge in [0.05, 0.1) is 6.61 Å². The average Bonchev–Trinajstić information content (AvgIpc) is 3.00. The van der Waals surface area contributed by atoms with Gasteiger partial charge in [-0.25, -0.2) is 0 Å². The van der Waals surface area contributed by atoms with Crippen molar-refractivity contribution in [3.63, 3.8) is 0 Å². The van der Waals surface area contributed by atoms with E-state index in [0.717, 1.165) is 19.8 Å². The maximum absolute atomic E-state index is 5.57. The van der Waals surface area contributed by atoms with Gasteiger partial charge in [0.15, 0.2) is 0 Å². The fraction of sp³-hybridized carbons (Fsp3) is 1.00. The van der Waals surface area contributed by atoms with E-state index in [-0.39, 0.29) is 0 Å².